The molecule has 30 heavy (non-hydrogen) atoms. The quantitative estimate of drug-likeness (QED) is 0.634. The van der Waals surface area contributed by atoms with Gasteiger partial charge < -0.3 is 9.84 Å². The molecule has 2 atom stereocenters. The highest BCUT2D eigenvalue weighted by Gasteiger charge is 2.54. The summed E-state index contributed by atoms with van der Waals surface area (Å²) < 4.78 is 8.17. The van der Waals surface area contributed by atoms with Crippen LogP contribution in [0.15, 0.2) is 24.5 Å². The van der Waals surface area contributed by atoms with E-state index >= 15 is 0 Å². The summed E-state index contributed by atoms with van der Waals surface area (Å²) in [5.41, 5.74) is 0.809. The Morgan fingerprint density at radius 2 is 2.13 bits per heavy atom. The standard InChI is InChI=1S/C22H30ClN3O3S/c1-14(2)29-20(27)25-13-24-26(19(25)30)12-22(28)17(9-10-21(22,4)5)11-16-7-6-8-18(23)15(16)3/h6-8,13-14,17,28H,9-12H2,1-5H3. The van der Waals surface area contributed by atoms with Gasteiger partial charge in [0.15, 0.2) is 0 Å². The highest BCUT2D eigenvalue weighted by Crippen LogP contribution is 2.51. The zero-order valence-electron chi connectivity index (χ0n) is 18.2. The van der Waals surface area contributed by atoms with Gasteiger partial charge in [0.25, 0.3) is 0 Å². The molecule has 2 unspecified atom stereocenters. The maximum atomic E-state index is 12.3. The number of hydrogen-bond donors (Lipinski definition) is 1. The third-order valence-corrected chi connectivity index (χ3v) is 7.29. The van der Waals surface area contributed by atoms with Gasteiger partial charge in [0, 0.05) is 5.02 Å². The molecule has 2 aromatic rings. The van der Waals surface area contributed by atoms with E-state index in [1.165, 1.54) is 15.6 Å². The van der Waals surface area contributed by atoms with Crippen LogP contribution in [0.3, 0.4) is 0 Å². The van der Waals surface area contributed by atoms with E-state index in [0.29, 0.717) is 0 Å². The molecular weight excluding hydrogens is 422 g/mol. The molecule has 164 valence electrons. The SMILES string of the molecule is Cc1c(Cl)cccc1CC1CCC(C)(C)C1(O)Cn1ncn(C(=O)OC(C)C)c1=S. The van der Waals surface area contributed by atoms with Crippen molar-refractivity contribution in [2.75, 3.05) is 0 Å². The average molecular weight is 452 g/mol. The van der Waals surface area contributed by atoms with Crippen molar-refractivity contribution in [1.82, 2.24) is 14.3 Å². The number of hydrogen-bond acceptors (Lipinski definition) is 5. The molecule has 1 N–H and O–H groups in total. The van der Waals surface area contributed by atoms with E-state index in [1.807, 2.05) is 19.1 Å². The van der Waals surface area contributed by atoms with Crippen LogP contribution in [0.5, 0.6) is 0 Å². The smallest absolute Gasteiger partial charge is 0.421 e. The summed E-state index contributed by atoms with van der Waals surface area (Å²) in [5.74, 6) is 0.0133. The van der Waals surface area contributed by atoms with Crippen LogP contribution in [0, 0.1) is 23.0 Å². The van der Waals surface area contributed by atoms with Gasteiger partial charge in [-0.05, 0) is 80.8 Å². The minimum Gasteiger partial charge on any atom is -0.446 e. The fourth-order valence-corrected chi connectivity index (χ4v) is 4.78. The first-order chi connectivity index (χ1) is 14.0. The zero-order chi connectivity index (χ0) is 22.3. The second-order valence-electron chi connectivity index (χ2n) is 9.15. The van der Waals surface area contributed by atoms with E-state index in [2.05, 4.69) is 25.0 Å². The summed E-state index contributed by atoms with van der Waals surface area (Å²) in [7, 11) is 0. The van der Waals surface area contributed by atoms with E-state index < -0.39 is 11.7 Å². The minimum atomic E-state index is -1.04. The second-order valence-corrected chi connectivity index (χ2v) is 9.92. The van der Waals surface area contributed by atoms with Crippen LogP contribution in [0.4, 0.5) is 4.79 Å². The molecule has 1 aromatic carbocycles. The van der Waals surface area contributed by atoms with Crippen molar-refractivity contribution in [2.45, 2.75) is 72.1 Å². The molecule has 1 fully saturated rings. The average Bonchev–Trinajstić information content (AvgIpc) is 3.11. The summed E-state index contributed by atoms with van der Waals surface area (Å²) in [5, 5.41) is 16.9. The molecule has 1 aromatic heterocycles. The number of ether oxygens (including phenoxy) is 1. The van der Waals surface area contributed by atoms with Crippen LogP contribution in [-0.2, 0) is 17.7 Å². The van der Waals surface area contributed by atoms with Gasteiger partial charge in [0.05, 0.1) is 18.2 Å². The summed E-state index contributed by atoms with van der Waals surface area (Å²) >= 11 is 11.8. The van der Waals surface area contributed by atoms with Crippen molar-refractivity contribution in [3.8, 4) is 0 Å². The third-order valence-electron chi connectivity index (χ3n) is 6.47. The lowest BCUT2D eigenvalue weighted by Crippen LogP contribution is -2.49. The lowest BCUT2D eigenvalue weighted by Gasteiger charge is -2.41. The number of aromatic nitrogens is 3. The molecule has 8 heteroatoms. The summed E-state index contributed by atoms with van der Waals surface area (Å²) in [6.07, 6.45) is 3.02. The summed E-state index contributed by atoms with van der Waals surface area (Å²) in [4.78, 5) is 12.3. The highest BCUT2D eigenvalue weighted by molar-refractivity contribution is 7.71. The van der Waals surface area contributed by atoms with Gasteiger partial charge in [-0.15, -0.1) is 0 Å². The van der Waals surface area contributed by atoms with Crippen LogP contribution in [0.25, 0.3) is 0 Å². The third kappa shape index (κ3) is 4.20. The van der Waals surface area contributed by atoms with Gasteiger partial charge in [0.1, 0.15) is 6.33 Å². The van der Waals surface area contributed by atoms with Gasteiger partial charge in [-0.3, -0.25) is 0 Å². The molecule has 3 rings (SSSR count). The predicted molar refractivity (Wildman–Crippen MR) is 119 cm³/mol. The molecule has 1 aliphatic carbocycles. The molecule has 1 saturated carbocycles. The molecule has 0 aliphatic heterocycles. The lowest BCUT2D eigenvalue weighted by molar-refractivity contribution is -0.0910. The first kappa shape index (κ1) is 23.0. The van der Waals surface area contributed by atoms with E-state index in [9.17, 15) is 9.90 Å². The number of nitrogens with zero attached hydrogens (tertiary/aromatic N) is 3. The number of rotatable bonds is 5. The van der Waals surface area contributed by atoms with Crippen LogP contribution >= 0.6 is 23.8 Å². The molecule has 0 spiro atoms. The molecule has 0 saturated heterocycles. The molecule has 0 bridgehead atoms. The summed E-state index contributed by atoms with van der Waals surface area (Å²) in [6.45, 7) is 9.92. The Bertz CT molecular complexity index is 998. The van der Waals surface area contributed by atoms with Gasteiger partial charge in [-0.25, -0.2) is 14.0 Å². The fourth-order valence-electron chi connectivity index (χ4n) is 4.35. The number of carbonyl (C=O) groups is 1. The van der Waals surface area contributed by atoms with Gasteiger partial charge in [0.2, 0.25) is 4.77 Å². The monoisotopic (exact) mass is 451 g/mol. The number of halogens is 1. The van der Waals surface area contributed by atoms with Crippen molar-refractivity contribution >= 4 is 29.9 Å². The topological polar surface area (TPSA) is 69.3 Å². The first-order valence-corrected chi connectivity index (χ1v) is 11.1. The fraction of sp³-hybridized carbons (Fsp3) is 0.591. The Morgan fingerprint density at radius 1 is 1.43 bits per heavy atom. The Labute approximate surface area is 187 Å². The molecule has 0 amide bonds. The zero-order valence-corrected chi connectivity index (χ0v) is 19.8. The Morgan fingerprint density at radius 3 is 2.80 bits per heavy atom. The summed E-state index contributed by atoms with van der Waals surface area (Å²) in [6, 6.07) is 5.89. The van der Waals surface area contributed by atoms with Crippen molar-refractivity contribution < 1.29 is 14.6 Å². The molecule has 0 radical (unpaired) electrons. The van der Waals surface area contributed by atoms with E-state index in [0.717, 1.165) is 35.4 Å². The molecule has 6 nitrogen and oxygen atoms in total. The van der Waals surface area contributed by atoms with E-state index in [-0.39, 0.29) is 28.8 Å². The predicted octanol–water partition coefficient (Wildman–Crippen LogP) is 5.18. The van der Waals surface area contributed by atoms with E-state index in [1.54, 1.807) is 13.8 Å². The molecular formula is C22H30ClN3O3S. The van der Waals surface area contributed by atoms with Crippen LogP contribution in [0.2, 0.25) is 5.02 Å². The lowest BCUT2D eigenvalue weighted by atomic mass is 9.72. The van der Waals surface area contributed by atoms with Crippen molar-refractivity contribution in [2.24, 2.45) is 11.3 Å². The maximum absolute atomic E-state index is 12.3. The molecule has 1 aliphatic rings. The number of aliphatic hydroxyl groups is 1. The van der Waals surface area contributed by atoms with Gasteiger partial charge >= 0.3 is 6.09 Å². The van der Waals surface area contributed by atoms with Crippen LogP contribution in [-0.4, -0.2) is 37.3 Å². The maximum Gasteiger partial charge on any atom is 0.421 e. The number of benzene rings is 1. The number of carbonyl (C=O) groups excluding carboxylic acids is 1. The first-order valence-electron chi connectivity index (χ1n) is 10.3. The van der Waals surface area contributed by atoms with Crippen LogP contribution < -0.4 is 0 Å². The normalized spacial score (nSPS) is 23.1. The largest absolute Gasteiger partial charge is 0.446 e. The Balaban J connectivity index is 1.90. The van der Waals surface area contributed by atoms with Crippen LogP contribution in [0.1, 0.15) is 51.7 Å². The van der Waals surface area contributed by atoms with Crippen molar-refractivity contribution in [3.05, 3.63) is 45.4 Å². The Hall–Kier alpha value is -1.70. The van der Waals surface area contributed by atoms with Crippen molar-refractivity contribution in [3.63, 3.8) is 0 Å². The van der Waals surface area contributed by atoms with Gasteiger partial charge in [-0.1, -0.05) is 37.6 Å². The second kappa shape index (κ2) is 8.44. The van der Waals surface area contributed by atoms with Gasteiger partial charge in [-0.2, -0.15) is 5.10 Å². The molecule has 1 heterocycles. The van der Waals surface area contributed by atoms with Crippen molar-refractivity contribution in [1.29, 1.82) is 0 Å². The van der Waals surface area contributed by atoms with E-state index in [4.69, 9.17) is 28.6 Å². The highest BCUT2D eigenvalue weighted by atomic mass is 35.5. The Kier molecular flexibility index (Phi) is 6.46. The minimum absolute atomic E-state index is 0.0133.